The molecule has 3 nitrogen and oxygen atoms in total. The number of nitrogens with zero attached hydrogens (tertiary/aromatic N) is 1. The molecule has 2 fully saturated rings. The SMILES string of the molecule is CN(CC1CC(O)C1)C1CC(C)(C)OC1(C)C. The van der Waals surface area contributed by atoms with Gasteiger partial charge in [0.25, 0.3) is 0 Å². The van der Waals surface area contributed by atoms with Crippen molar-refractivity contribution in [3.63, 3.8) is 0 Å². The van der Waals surface area contributed by atoms with Crippen LogP contribution in [0.5, 0.6) is 0 Å². The van der Waals surface area contributed by atoms with Crippen molar-refractivity contribution in [3.05, 3.63) is 0 Å². The van der Waals surface area contributed by atoms with Gasteiger partial charge in [-0.3, -0.25) is 0 Å². The molecule has 1 aliphatic heterocycles. The second-order valence-electron chi connectivity index (χ2n) is 7.12. The van der Waals surface area contributed by atoms with E-state index < -0.39 is 0 Å². The standard InChI is InChI=1S/C14H27NO2/c1-13(2)8-12(14(3,4)17-13)15(5)9-10-6-11(16)7-10/h10-12,16H,6-9H2,1-5H3. The normalized spacial score (nSPS) is 39.4. The summed E-state index contributed by atoms with van der Waals surface area (Å²) in [6.45, 7) is 9.83. The average Bonchev–Trinajstić information content (AvgIpc) is 2.31. The zero-order valence-electron chi connectivity index (χ0n) is 11.9. The quantitative estimate of drug-likeness (QED) is 0.820. The van der Waals surface area contributed by atoms with E-state index in [0.717, 1.165) is 25.8 Å². The summed E-state index contributed by atoms with van der Waals surface area (Å²) >= 11 is 0. The molecule has 2 rings (SSSR count). The topological polar surface area (TPSA) is 32.7 Å². The Kier molecular flexibility index (Phi) is 3.30. The highest BCUT2D eigenvalue weighted by molar-refractivity contribution is 5.00. The lowest BCUT2D eigenvalue weighted by molar-refractivity contribution is -0.0814. The number of rotatable bonds is 3. The third kappa shape index (κ3) is 2.83. The Hall–Kier alpha value is -0.120. The van der Waals surface area contributed by atoms with Crippen LogP contribution in [0.3, 0.4) is 0 Å². The summed E-state index contributed by atoms with van der Waals surface area (Å²) in [4.78, 5) is 2.44. The molecule has 100 valence electrons. The maximum Gasteiger partial charge on any atom is 0.0789 e. The second-order valence-corrected chi connectivity index (χ2v) is 7.12. The van der Waals surface area contributed by atoms with Gasteiger partial charge in [0.1, 0.15) is 0 Å². The van der Waals surface area contributed by atoms with Crippen molar-refractivity contribution in [2.24, 2.45) is 5.92 Å². The zero-order valence-corrected chi connectivity index (χ0v) is 11.9. The van der Waals surface area contributed by atoms with Gasteiger partial charge in [0, 0.05) is 12.6 Å². The van der Waals surface area contributed by atoms with Gasteiger partial charge < -0.3 is 14.7 Å². The van der Waals surface area contributed by atoms with Crippen LogP contribution in [0.15, 0.2) is 0 Å². The molecule has 1 atom stereocenters. The van der Waals surface area contributed by atoms with E-state index in [1.165, 1.54) is 0 Å². The highest BCUT2D eigenvalue weighted by atomic mass is 16.5. The Labute approximate surface area is 105 Å². The number of hydrogen-bond acceptors (Lipinski definition) is 3. The molecule has 1 saturated carbocycles. The summed E-state index contributed by atoms with van der Waals surface area (Å²) in [6.07, 6.45) is 2.99. The maximum atomic E-state index is 9.34. The van der Waals surface area contributed by atoms with Gasteiger partial charge in [-0.25, -0.2) is 0 Å². The van der Waals surface area contributed by atoms with Crippen molar-refractivity contribution in [1.29, 1.82) is 0 Å². The van der Waals surface area contributed by atoms with Gasteiger partial charge in [-0.15, -0.1) is 0 Å². The van der Waals surface area contributed by atoms with Crippen molar-refractivity contribution in [2.45, 2.75) is 70.3 Å². The molecule has 1 N–H and O–H groups in total. The number of aliphatic hydroxyl groups is 1. The fourth-order valence-corrected chi connectivity index (χ4v) is 3.60. The molecule has 0 aromatic carbocycles. The summed E-state index contributed by atoms with van der Waals surface area (Å²) in [6, 6.07) is 0.482. The Balaban J connectivity index is 1.92. The number of aliphatic hydroxyl groups excluding tert-OH is 1. The minimum absolute atomic E-state index is 0.0123. The summed E-state index contributed by atoms with van der Waals surface area (Å²) < 4.78 is 6.13. The van der Waals surface area contributed by atoms with Crippen molar-refractivity contribution < 1.29 is 9.84 Å². The van der Waals surface area contributed by atoms with Gasteiger partial charge in [0.05, 0.1) is 17.3 Å². The molecule has 1 unspecified atom stereocenters. The van der Waals surface area contributed by atoms with E-state index in [9.17, 15) is 5.11 Å². The smallest absolute Gasteiger partial charge is 0.0789 e. The van der Waals surface area contributed by atoms with Crippen molar-refractivity contribution in [2.75, 3.05) is 13.6 Å². The summed E-state index contributed by atoms with van der Waals surface area (Å²) in [5, 5.41) is 9.34. The summed E-state index contributed by atoms with van der Waals surface area (Å²) in [5.74, 6) is 0.675. The van der Waals surface area contributed by atoms with Crippen LogP contribution in [0.4, 0.5) is 0 Å². The van der Waals surface area contributed by atoms with E-state index in [1.54, 1.807) is 0 Å². The fraction of sp³-hybridized carbons (Fsp3) is 1.00. The third-order valence-corrected chi connectivity index (χ3v) is 4.32. The molecule has 1 heterocycles. The molecule has 3 heteroatoms. The third-order valence-electron chi connectivity index (χ3n) is 4.32. The van der Waals surface area contributed by atoms with Crippen molar-refractivity contribution in [3.8, 4) is 0 Å². The number of hydrogen-bond donors (Lipinski definition) is 1. The number of ether oxygens (including phenoxy) is 1. The summed E-state index contributed by atoms with van der Waals surface area (Å²) in [7, 11) is 2.20. The molecule has 1 aliphatic carbocycles. The van der Waals surface area contributed by atoms with Crippen LogP contribution in [0.25, 0.3) is 0 Å². The first-order valence-electron chi connectivity index (χ1n) is 6.78. The Morgan fingerprint density at radius 3 is 2.24 bits per heavy atom. The van der Waals surface area contributed by atoms with E-state index in [-0.39, 0.29) is 17.3 Å². The van der Waals surface area contributed by atoms with E-state index in [2.05, 4.69) is 39.6 Å². The van der Waals surface area contributed by atoms with Crippen LogP contribution in [0.2, 0.25) is 0 Å². The Morgan fingerprint density at radius 1 is 1.24 bits per heavy atom. The first-order chi connectivity index (χ1) is 7.70. The second kappa shape index (κ2) is 4.22. The lowest BCUT2D eigenvalue weighted by atomic mass is 9.81. The first kappa shape index (κ1) is 13.3. The average molecular weight is 241 g/mol. The molecule has 1 saturated heterocycles. The highest BCUT2D eigenvalue weighted by Crippen LogP contribution is 2.40. The van der Waals surface area contributed by atoms with Gasteiger partial charge in [0.15, 0.2) is 0 Å². The first-order valence-corrected chi connectivity index (χ1v) is 6.78. The summed E-state index contributed by atoms with van der Waals surface area (Å²) in [5.41, 5.74) is -0.0812. The monoisotopic (exact) mass is 241 g/mol. The van der Waals surface area contributed by atoms with E-state index in [4.69, 9.17) is 4.74 Å². The van der Waals surface area contributed by atoms with Crippen LogP contribution in [0, 0.1) is 5.92 Å². The Morgan fingerprint density at radius 2 is 1.82 bits per heavy atom. The molecule has 0 amide bonds. The van der Waals surface area contributed by atoms with Crippen LogP contribution in [-0.4, -0.2) is 46.9 Å². The van der Waals surface area contributed by atoms with Gasteiger partial charge >= 0.3 is 0 Å². The van der Waals surface area contributed by atoms with Gasteiger partial charge in [0.2, 0.25) is 0 Å². The molecule has 0 aromatic rings. The predicted molar refractivity (Wildman–Crippen MR) is 69.0 cm³/mol. The molecule has 0 aromatic heterocycles. The lowest BCUT2D eigenvalue weighted by Crippen LogP contribution is -2.48. The van der Waals surface area contributed by atoms with Crippen LogP contribution in [0.1, 0.15) is 47.0 Å². The number of likely N-dealkylation sites (N-methyl/N-ethyl adjacent to an activating group) is 1. The maximum absolute atomic E-state index is 9.34. The van der Waals surface area contributed by atoms with Crippen LogP contribution < -0.4 is 0 Å². The Bertz CT molecular complexity index is 282. The molecule has 2 aliphatic rings. The lowest BCUT2D eigenvalue weighted by Gasteiger charge is -2.39. The molecule has 0 spiro atoms. The van der Waals surface area contributed by atoms with Crippen molar-refractivity contribution >= 4 is 0 Å². The minimum atomic E-state index is -0.0688. The molecule has 0 radical (unpaired) electrons. The van der Waals surface area contributed by atoms with Gasteiger partial charge in [-0.05, 0) is 59.9 Å². The van der Waals surface area contributed by atoms with E-state index in [1.807, 2.05) is 0 Å². The fourth-order valence-electron chi connectivity index (χ4n) is 3.60. The highest BCUT2D eigenvalue weighted by Gasteiger charge is 2.48. The van der Waals surface area contributed by atoms with E-state index >= 15 is 0 Å². The molecular formula is C14H27NO2. The van der Waals surface area contributed by atoms with Gasteiger partial charge in [-0.1, -0.05) is 0 Å². The molecular weight excluding hydrogens is 214 g/mol. The van der Waals surface area contributed by atoms with Crippen LogP contribution >= 0.6 is 0 Å². The van der Waals surface area contributed by atoms with Crippen molar-refractivity contribution in [1.82, 2.24) is 4.90 Å². The molecule has 17 heavy (non-hydrogen) atoms. The predicted octanol–water partition coefficient (Wildman–Crippen LogP) is 2.04. The van der Waals surface area contributed by atoms with E-state index in [0.29, 0.717) is 12.0 Å². The largest absolute Gasteiger partial charge is 0.393 e. The van der Waals surface area contributed by atoms with Crippen LogP contribution in [-0.2, 0) is 4.74 Å². The molecule has 0 bridgehead atoms. The van der Waals surface area contributed by atoms with Gasteiger partial charge in [-0.2, -0.15) is 0 Å². The minimum Gasteiger partial charge on any atom is -0.393 e. The zero-order chi connectivity index (χ0) is 12.8.